The van der Waals surface area contributed by atoms with Gasteiger partial charge in [0.2, 0.25) is 0 Å². The zero-order chi connectivity index (χ0) is 26.1. The first kappa shape index (κ1) is 26.4. The molecule has 0 saturated carbocycles. The van der Waals surface area contributed by atoms with Gasteiger partial charge in [0.05, 0.1) is 12.2 Å². The van der Waals surface area contributed by atoms with Gasteiger partial charge in [-0.25, -0.2) is 9.59 Å². The molecule has 1 fully saturated rings. The molecule has 2 aromatic carbocycles. The van der Waals surface area contributed by atoms with Crippen LogP contribution in [0.1, 0.15) is 49.9 Å². The molecule has 190 valence electrons. The highest BCUT2D eigenvalue weighted by Gasteiger charge is 2.37. The summed E-state index contributed by atoms with van der Waals surface area (Å²) in [6.45, 7) is 11.6. The van der Waals surface area contributed by atoms with Gasteiger partial charge in [-0.3, -0.25) is 4.90 Å². The maximum Gasteiger partial charge on any atom is 0.416 e. The van der Waals surface area contributed by atoms with E-state index in [2.05, 4.69) is 0 Å². The Kier molecular flexibility index (Phi) is 7.38. The minimum absolute atomic E-state index is 0.135. The van der Waals surface area contributed by atoms with E-state index >= 15 is 0 Å². The molecule has 0 aliphatic carbocycles. The zero-order valence-electron chi connectivity index (χ0n) is 20.8. The summed E-state index contributed by atoms with van der Waals surface area (Å²) >= 11 is 0. The van der Waals surface area contributed by atoms with Crippen LogP contribution in [-0.4, -0.2) is 41.7 Å². The summed E-state index contributed by atoms with van der Waals surface area (Å²) in [5, 5.41) is 0. The van der Waals surface area contributed by atoms with Gasteiger partial charge >= 0.3 is 18.2 Å². The summed E-state index contributed by atoms with van der Waals surface area (Å²) in [7, 11) is 0. The second kappa shape index (κ2) is 9.79. The molecule has 0 spiro atoms. The Hall–Kier alpha value is -3.23. The molecule has 9 heteroatoms. The Morgan fingerprint density at radius 3 is 2.17 bits per heavy atom. The van der Waals surface area contributed by atoms with E-state index in [0.717, 1.165) is 28.8 Å². The summed E-state index contributed by atoms with van der Waals surface area (Å²) in [4.78, 5) is 28.5. The van der Waals surface area contributed by atoms with Crippen LogP contribution in [0.2, 0.25) is 0 Å². The SMILES string of the molecule is CCOC(=O)C(C)(C)Oc1c(C)cc(CN2C(=O)N(c3ccc(C(F)(F)F)cc3)CC2C)cc1C. The molecule has 1 aliphatic rings. The number of benzene rings is 2. The fourth-order valence-corrected chi connectivity index (χ4v) is 4.14. The number of amides is 2. The zero-order valence-corrected chi connectivity index (χ0v) is 20.8. The van der Waals surface area contributed by atoms with Crippen LogP contribution >= 0.6 is 0 Å². The third kappa shape index (κ3) is 5.71. The Labute approximate surface area is 203 Å². The van der Waals surface area contributed by atoms with Crippen LogP contribution in [0.4, 0.5) is 23.7 Å². The highest BCUT2D eigenvalue weighted by atomic mass is 19.4. The number of carbonyl (C=O) groups excluding carboxylic acids is 2. The van der Waals surface area contributed by atoms with Crippen molar-refractivity contribution in [2.24, 2.45) is 0 Å². The molecular formula is C26H31F3N2O4. The lowest BCUT2D eigenvalue weighted by molar-refractivity contribution is -0.158. The molecule has 1 aliphatic heterocycles. The van der Waals surface area contributed by atoms with Crippen molar-refractivity contribution < 1.29 is 32.2 Å². The summed E-state index contributed by atoms with van der Waals surface area (Å²) in [5.74, 6) is 0.127. The molecule has 0 aromatic heterocycles. The van der Waals surface area contributed by atoms with Gasteiger partial charge in [0, 0.05) is 24.8 Å². The largest absolute Gasteiger partial charge is 0.476 e. The van der Waals surface area contributed by atoms with Crippen molar-refractivity contribution in [3.8, 4) is 5.75 Å². The van der Waals surface area contributed by atoms with E-state index < -0.39 is 23.3 Å². The molecule has 1 heterocycles. The van der Waals surface area contributed by atoms with Crippen LogP contribution in [0, 0.1) is 13.8 Å². The minimum Gasteiger partial charge on any atom is -0.476 e. The van der Waals surface area contributed by atoms with E-state index in [0.29, 0.717) is 24.5 Å². The maximum absolute atomic E-state index is 13.1. The Bertz CT molecular complexity index is 1070. The Balaban J connectivity index is 1.76. The van der Waals surface area contributed by atoms with Crippen LogP contribution in [0.3, 0.4) is 0 Å². The first-order valence-corrected chi connectivity index (χ1v) is 11.5. The lowest BCUT2D eigenvalue weighted by Crippen LogP contribution is -2.40. The first-order chi connectivity index (χ1) is 16.2. The number of alkyl halides is 3. The number of aryl methyl sites for hydroxylation is 2. The fourth-order valence-electron chi connectivity index (χ4n) is 4.14. The van der Waals surface area contributed by atoms with E-state index in [9.17, 15) is 22.8 Å². The summed E-state index contributed by atoms with van der Waals surface area (Å²) in [6, 6.07) is 8.03. The number of anilines is 1. The van der Waals surface area contributed by atoms with Crippen molar-refractivity contribution in [3.05, 3.63) is 58.7 Å². The number of hydrogen-bond acceptors (Lipinski definition) is 4. The van der Waals surface area contributed by atoms with E-state index in [1.165, 1.54) is 17.0 Å². The Morgan fingerprint density at radius 1 is 1.09 bits per heavy atom. The van der Waals surface area contributed by atoms with Gasteiger partial charge in [0.1, 0.15) is 5.75 Å². The standard InChI is InChI=1S/C26H31F3N2O4/c1-7-34-23(32)25(5,6)35-22-16(2)12-19(13-17(22)3)15-30-18(4)14-31(24(30)33)21-10-8-20(9-11-21)26(27,28)29/h8-13,18H,7,14-15H2,1-6H3. The summed E-state index contributed by atoms with van der Waals surface area (Å²) in [5.41, 5.74) is 1.03. The molecule has 1 saturated heterocycles. The highest BCUT2D eigenvalue weighted by Crippen LogP contribution is 2.33. The van der Waals surface area contributed by atoms with Crippen LogP contribution in [-0.2, 0) is 22.3 Å². The van der Waals surface area contributed by atoms with Crippen molar-refractivity contribution in [3.63, 3.8) is 0 Å². The number of ether oxygens (including phenoxy) is 2. The molecule has 1 atom stereocenters. The van der Waals surface area contributed by atoms with Crippen molar-refractivity contribution in [1.82, 2.24) is 4.90 Å². The quantitative estimate of drug-likeness (QED) is 0.454. The van der Waals surface area contributed by atoms with E-state index in [-0.39, 0.29) is 18.7 Å². The molecule has 0 radical (unpaired) electrons. The second-order valence-electron chi connectivity index (χ2n) is 9.31. The maximum atomic E-state index is 13.1. The van der Waals surface area contributed by atoms with Gasteiger partial charge in [-0.2, -0.15) is 13.2 Å². The molecule has 35 heavy (non-hydrogen) atoms. The molecule has 3 rings (SSSR count). The van der Waals surface area contributed by atoms with Crippen molar-refractivity contribution >= 4 is 17.7 Å². The van der Waals surface area contributed by atoms with Crippen LogP contribution in [0.15, 0.2) is 36.4 Å². The number of halogens is 3. The molecular weight excluding hydrogens is 461 g/mol. The predicted octanol–water partition coefficient (Wildman–Crippen LogP) is 5.87. The van der Waals surface area contributed by atoms with E-state index in [4.69, 9.17) is 9.47 Å². The molecule has 1 unspecified atom stereocenters. The topological polar surface area (TPSA) is 59.1 Å². The molecule has 2 aromatic rings. The van der Waals surface area contributed by atoms with Gasteiger partial charge in [-0.05, 0) is 82.5 Å². The summed E-state index contributed by atoms with van der Waals surface area (Å²) in [6.07, 6.45) is -4.43. The average Bonchev–Trinajstić information content (AvgIpc) is 3.04. The molecule has 0 bridgehead atoms. The third-order valence-corrected chi connectivity index (χ3v) is 5.96. The number of esters is 1. The summed E-state index contributed by atoms with van der Waals surface area (Å²) < 4.78 is 49.7. The number of hydrogen-bond donors (Lipinski definition) is 0. The normalized spacial score (nSPS) is 16.6. The van der Waals surface area contributed by atoms with Gasteiger partial charge in [0.15, 0.2) is 5.60 Å². The van der Waals surface area contributed by atoms with Gasteiger partial charge in [-0.1, -0.05) is 12.1 Å². The lowest BCUT2D eigenvalue weighted by Gasteiger charge is -2.27. The smallest absolute Gasteiger partial charge is 0.416 e. The fraction of sp³-hybridized carbons (Fsp3) is 0.462. The van der Waals surface area contributed by atoms with E-state index in [1.54, 1.807) is 25.7 Å². The molecule has 0 N–H and O–H groups in total. The first-order valence-electron chi connectivity index (χ1n) is 11.5. The van der Waals surface area contributed by atoms with Crippen LogP contribution < -0.4 is 9.64 Å². The number of rotatable bonds is 7. The minimum atomic E-state index is -4.43. The van der Waals surface area contributed by atoms with Crippen molar-refractivity contribution in [1.29, 1.82) is 0 Å². The number of nitrogens with zero attached hydrogens (tertiary/aromatic N) is 2. The molecule has 2 amide bonds. The van der Waals surface area contributed by atoms with Gasteiger partial charge < -0.3 is 14.4 Å². The highest BCUT2D eigenvalue weighted by molar-refractivity contribution is 5.94. The lowest BCUT2D eigenvalue weighted by atomic mass is 10.0. The van der Waals surface area contributed by atoms with Crippen molar-refractivity contribution in [2.45, 2.75) is 65.9 Å². The van der Waals surface area contributed by atoms with Crippen molar-refractivity contribution in [2.75, 3.05) is 18.1 Å². The second-order valence-corrected chi connectivity index (χ2v) is 9.31. The van der Waals surface area contributed by atoms with Crippen LogP contribution in [0.25, 0.3) is 0 Å². The van der Waals surface area contributed by atoms with E-state index in [1.807, 2.05) is 32.9 Å². The Morgan fingerprint density at radius 2 is 1.66 bits per heavy atom. The number of carbonyl (C=O) groups is 2. The molecule has 6 nitrogen and oxygen atoms in total. The average molecular weight is 493 g/mol. The third-order valence-electron chi connectivity index (χ3n) is 5.96. The number of urea groups is 1. The predicted molar refractivity (Wildman–Crippen MR) is 126 cm³/mol. The van der Waals surface area contributed by atoms with Crippen LogP contribution in [0.5, 0.6) is 5.75 Å². The van der Waals surface area contributed by atoms with Gasteiger partial charge in [0.25, 0.3) is 0 Å². The van der Waals surface area contributed by atoms with Gasteiger partial charge in [-0.15, -0.1) is 0 Å². The monoisotopic (exact) mass is 492 g/mol.